The van der Waals surface area contributed by atoms with Crippen LogP contribution in [0.25, 0.3) is 16.9 Å². The van der Waals surface area contributed by atoms with E-state index in [1.807, 2.05) is 13.8 Å². The molecular formula is C29H25F5N6O. The van der Waals surface area contributed by atoms with Gasteiger partial charge in [-0.2, -0.15) is 5.10 Å². The highest BCUT2D eigenvalue weighted by Crippen LogP contribution is 2.40. The molecule has 0 saturated carbocycles. The molecule has 4 heterocycles. The molecule has 6 rings (SSSR count). The average molecular weight is 569 g/mol. The molecule has 2 aromatic heterocycles. The van der Waals surface area contributed by atoms with Gasteiger partial charge in [0, 0.05) is 48.2 Å². The van der Waals surface area contributed by atoms with Crippen LogP contribution in [0.15, 0.2) is 54.9 Å². The normalized spacial score (nSPS) is 20.2. The number of hydrogen-bond acceptors (Lipinski definition) is 5. The lowest BCUT2D eigenvalue weighted by Gasteiger charge is -2.45. The third-order valence-corrected chi connectivity index (χ3v) is 7.75. The van der Waals surface area contributed by atoms with Gasteiger partial charge < -0.3 is 15.1 Å². The predicted octanol–water partition coefficient (Wildman–Crippen LogP) is 5.90. The Kier molecular flexibility index (Phi) is 6.63. The zero-order valence-corrected chi connectivity index (χ0v) is 22.1. The summed E-state index contributed by atoms with van der Waals surface area (Å²) in [6, 6.07) is 8.31. The number of aromatic nitrogens is 3. The Morgan fingerprint density at radius 3 is 2.29 bits per heavy atom. The molecule has 7 nitrogen and oxygen atoms in total. The van der Waals surface area contributed by atoms with Gasteiger partial charge in [-0.15, -0.1) is 0 Å². The fourth-order valence-corrected chi connectivity index (χ4v) is 5.92. The van der Waals surface area contributed by atoms with Crippen molar-refractivity contribution in [2.45, 2.75) is 44.8 Å². The van der Waals surface area contributed by atoms with Crippen LogP contribution in [-0.2, 0) is 0 Å². The van der Waals surface area contributed by atoms with E-state index in [9.17, 15) is 26.7 Å². The highest BCUT2D eigenvalue weighted by atomic mass is 19.2. The van der Waals surface area contributed by atoms with Gasteiger partial charge in [-0.1, -0.05) is 0 Å². The number of carbonyl (C=O) groups is 1. The summed E-state index contributed by atoms with van der Waals surface area (Å²) in [5, 5.41) is 7.49. The van der Waals surface area contributed by atoms with Gasteiger partial charge in [0.1, 0.15) is 5.69 Å². The molecule has 2 aromatic carbocycles. The first-order valence-corrected chi connectivity index (χ1v) is 13.1. The van der Waals surface area contributed by atoms with Crippen molar-refractivity contribution in [3.8, 4) is 16.9 Å². The largest absolute Gasteiger partial charge is 0.366 e. The van der Waals surface area contributed by atoms with Crippen molar-refractivity contribution in [3.63, 3.8) is 0 Å². The second-order valence-electron chi connectivity index (χ2n) is 10.4. The van der Waals surface area contributed by atoms with E-state index in [-0.39, 0.29) is 35.2 Å². The molecule has 2 unspecified atom stereocenters. The van der Waals surface area contributed by atoms with Crippen molar-refractivity contribution in [2.75, 3.05) is 16.9 Å². The Balaban J connectivity index is 1.31. The van der Waals surface area contributed by atoms with Crippen molar-refractivity contribution in [2.24, 2.45) is 0 Å². The number of benzene rings is 2. The van der Waals surface area contributed by atoms with E-state index in [4.69, 9.17) is 0 Å². The molecule has 1 amide bonds. The minimum atomic E-state index is -1.61. The van der Waals surface area contributed by atoms with Crippen LogP contribution in [0.2, 0.25) is 0 Å². The van der Waals surface area contributed by atoms with E-state index in [1.165, 1.54) is 23.0 Å². The summed E-state index contributed by atoms with van der Waals surface area (Å²) in [5.41, 5.74) is 1.48. The van der Waals surface area contributed by atoms with E-state index >= 15 is 0 Å². The average Bonchev–Trinajstić information content (AvgIpc) is 3.59. The van der Waals surface area contributed by atoms with Crippen molar-refractivity contribution in [1.82, 2.24) is 19.7 Å². The molecule has 0 spiro atoms. The number of anilines is 2. The van der Waals surface area contributed by atoms with Gasteiger partial charge in [-0.05, 0) is 57.0 Å². The summed E-state index contributed by atoms with van der Waals surface area (Å²) in [4.78, 5) is 21.4. The van der Waals surface area contributed by atoms with E-state index in [0.717, 1.165) is 18.2 Å². The Hall–Kier alpha value is -4.48. The van der Waals surface area contributed by atoms with E-state index in [0.29, 0.717) is 36.5 Å². The Morgan fingerprint density at radius 2 is 1.63 bits per heavy atom. The van der Waals surface area contributed by atoms with Crippen molar-refractivity contribution in [3.05, 3.63) is 89.6 Å². The first-order valence-electron chi connectivity index (χ1n) is 13.1. The van der Waals surface area contributed by atoms with E-state index < -0.39 is 35.0 Å². The predicted molar refractivity (Wildman–Crippen MR) is 142 cm³/mol. The first-order chi connectivity index (χ1) is 19.6. The van der Waals surface area contributed by atoms with Crippen LogP contribution >= 0.6 is 0 Å². The summed E-state index contributed by atoms with van der Waals surface area (Å²) in [6.07, 6.45) is 4.03. The summed E-state index contributed by atoms with van der Waals surface area (Å²) in [7, 11) is 0. The van der Waals surface area contributed by atoms with Crippen LogP contribution in [0.1, 0.15) is 37.2 Å². The number of likely N-dealkylation sites (tertiary alicyclic amines) is 1. The molecule has 1 saturated heterocycles. The molecule has 0 aliphatic carbocycles. The zero-order valence-electron chi connectivity index (χ0n) is 22.1. The summed E-state index contributed by atoms with van der Waals surface area (Å²) >= 11 is 0. The number of nitrogens with zero attached hydrogens (tertiary/aromatic N) is 5. The minimum absolute atomic E-state index is 0.0208. The number of carbonyl (C=O) groups excluding carboxylic acids is 1. The number of rotatable bonds is 4. The van der Waals surface area contributed by atoms with E-state index in [1.54, 1.807) is 28.1 Å². The van der Waals surface area contributed by atoms with E-state index in [2.05, 4.69) is 15.4 Å². The van der Waals surface area contributed by atoms with Gasteiger partial charge in [0.2, 0.25) is 0 Å². The smallest absolute Gasteiger partial charge is 0.274 e. The number of halogens is 5. The second kappa shape index (κ2) is 10.2. The zero-order chi connectivity index (χ0) is 29.0. The molecule has 1 N–H and O–H groups in total. The minimum Gasteiger partial charge on any atom is -0.366 e. The SMILES string of the molecule is CC1CC(N2CNc3ccc(F)c(F)c32)CC(C)N1C(=O)c1cc(-c2cccnc2)n(-c2cc(F)c(F)c(F)c2)n1. The summed E-state index contributed by atoms with van der Waals surface area (Å²) in [5.74, 6) is -6.63. The number of amides is 1. The van der Waals surface area contributed by atoms with Gasteiger partial charge in [-0.25, -0.2) is 26.6 Å². The van der Waals surface area contributed by atoms with Gasteiger partial charge in [-0.3, -0.25) is 9.78 Å². The quantitative estimate of drug-likeness (QED) is 0.245. The summed E-state index contributed by atoms with van der Waals surface area (Å²) in [6.45, 7) is 4.06. The van der Waals surface area contributed by atoms with Crippen molar-refractivity contribution in [1.29, 1.82) is 0 Å². The summed E-state index contributed by atoms with van der Waals surface area (Å²) < 4.78 is 71.8. The molecular weight excluding hydrogens is 543 g/mol. The first kappa shape index (κ1) is 26.7. The fourth-order valence-electron chi connectivity index (χ4n) is 5.92. The van der Waals surface area contributed by atoms with Gasteiger partial charge in [0.25, 0.3) is 5.91 Å². The molecule has 1 fully saturated rings. The molecule has 41 heavy (non-hydrogen) atoms. The lowest BCUT2D eigenvalue weighted by atomic mass is 9.91. The lowest BCUT2D eigenvalue weighted by Crippen LogP contribution is -2.55. The van der Waals surface area contributed by atoms with Crippen LogP contribution in [0, 0.1) is 29.1 Å². The third-order valence-electron chi connectivity index (χ3n) is 7.75. The number of fused-ring (bicyclic) bond motifs is 1. The topological polar surface area (TPSA) is 66.3 Å². The standard InChI is InChI=1S/C29H25F5N6O/c1-15-8-18(38-14-36-23-6-5-20(30)27(34)28(23)38)9-16(2)39(15)29(41)24-12-25(17-4-3-7-35-13-17)40(37-24)19-10-21(31)26(33)22(32)11-19/h3-7,10-13,15-16,18,36H,8-9,14H2,1-2H3. The Labute approximate surface area is 232 Å². The monoisotopic (exact) mass is 568 g/mol. The van der Waals surface area contributed by atoms with Gasteiger partial charge >= 0.3 is 0 Å². The fraction of sp³-hybridized carbons (Fsp3) is 0.276. The molecule has 0 radical (unpaired) electrons. The van der Waals surface area contributed by atoms with Crippen LogP contribution in [-0.4, -0.2) is 50.4 Å². The van der Waals surface area contributed by atoms with Crippen molar-refractivity contribution >= 4 is 17.3 Å². The highest BCUT2D eigenvalue weighted by molar-refractivity contribution is 5.94. The Bertz CT molecular complexity index is 1610. The van der Waals surface area contributed by atoms with Crippen LogP contribution in [0.5, 0.6) is 0 Å². The lowest BCUT2D eigenvalue weighted by molar-refractivity contribution is 0.0472. The molecule has 0 bridgehead atoms. The Morgan fingerprint density at radius 1 is 0.927 bits per heavy atom. The third kappa shape index (κ3) is 4.56. The number of hydrogen-bond donors (Lipinski definition) is 1. The molecule has 2 atom stereocenters. The maximum atomic E-state index is 14.7. The molecule has 12 heteroatoms. The van der Waals surface area contributed by atoms with Crippen LogP contribution < -0.4 is 10.2 Å². The van der Waals surface area contributed by atoms with Crippen molar-refractivity contribution < 1.29 is 26.7 Å². The molecule has 2 aliphatic rings. The molecule has 4 aromatic rings. The van der Waals surface area contributed by atoms with Gasteiger partial charge in [0.05, 0.1) is 23.7 Å². The van der Waals surface area contributed by atoms with Gasteiger partial charge in [0.15, 0.2) is 34.8 Å². The maximum absolute atomic E-state index is 14.7. The number of pyridine rings is 1. The molecule has 2 aliphatic heterocycles. The highest BCUT2D eigenvalue weighted by Gasteiger charge is 2.40. The maximum Gasteiger partial charge on any atom is 0.274 e. The molecule has 212 valence electrons. The van der Waals surface area contributed by atoms with Crippen LogP contribution in [0.4, 0.5) is 33.3 Å². The number of piperidine rings is 1. The number of nitrogens with one attached hydrogen (secondary N) is 1. The second-order valence-corrected chi connectivity index (χ2v) is 10.4. The van der Waals surface area contributed by atoms with Crippen LogP contribution in [0.3, 0.4) is 0 Å².